The third kappa shape index (κ3) is 2.55. The maximum Gasteiger partial charge on any atom is 0.118 e. The lowest BCUT2D eigenvalue weighted by Crippen LogP contribution is -2.68. The second kappa shape index (κ2) is 5.14. The molecule has 0 bridgehead atoms. The Morgan fingerprint density at radius 3 is 2.43 bits per heavy atom. The van der Waals surface area contributed by atoms with E-state index in [2.05, 4.69) is 19.9 Å². The Labute approximate surface area is 142 Å². The first-order chi connectivity index (χ1) is 10.5. The van der Waals surface area contributed by atoms with Crippen molar-refractivity contribution in [3.8, 4) is 0 Å². The average molecular weight is 312 g/mol. The van der Waals surface area contributed by atoms with Crippen LogP contribution in [0.15, 0.2) is 11.6 Å². The zero-order chi connectivity index (χ0) is 17.3. The summed E-state index contributed by atoms with van der Waals surface area (Å²) < 4.78 is 17.3. The molecule has 2 aliphatic heterocycles. The van der Waals surface area contributed by atoms with Crippen molar-refractivity contribution in [1.82, 2.24) is 0 Å². The Hall–Kier alpha value is -0.225. The molecule has 1 aliphatic carbocycles. The van der Waals surface area contributed by atoms with Crippen LogP contribution < -0.4 is 0 Å². The van der Waals surface area contributed by atoms with Crippen molar-refractivity contribution in [3.63, 3.8) is 0 Å². The largest absolute Gasteiger partial charge is 0.392 e. The van der Waals surface area contributed by atoms with Gasteiger partial charge in [0.1, 0.15) is 13.4 Å². The van der Waals surface area contributed by atoms with Gasteiger partial charge in [-0.15, -0.1) is 0 Å². The number of rotatable bonds is 4. The Morgan fingerprint density at radius 2 is 1.96 bits per heavy atom. The van der Waals surface area contributed by atoms with Gasteiger partial charge in [0.05, 0.1) is 45.6 Å². The van der Waals surface area contributed by atoms with Crippen LogP contribution in [0, 0.1) is 5.92 Å². The van der Waals surface area contributed by atoms with Crippen molar-refractivity contribution in [2.24, 2.45) is 5.92 Å². The molecule has 1 spiro atoms. The van der Waals surface area contributed by atoms with Crippen LogP contribution in [0.5, 0.6) is 0 Å². The third-order valence-electron chi connectivity index (χ3n) is 5.68. The molecular weight excluding hydrogens is 289 g/mol. The number of epoxide rings is 2. The molecule has 0 aromatic heterocycles. The first kappa shape index (κ1) is 17.6. The van der Waals surface area contributed by atoms with Gasteiger partial charge >= 0.3 is 0 Å². The summed E-state index contributed by atoms with van der Waals surface area (Å²) in [7, 11) is 20.1. The fraction of sp³-hybridized carbons (Fsp3) is 0.875. The van der Waals surface area contributed by atoms with E-state index < -0.39 is 28.0 Å². The van der Waals surface area contributed by atoms with Crippen LogP contribution in [0.2, 0.25) is 5.21 Å². The number of aliphatic hydroxyl groups excluding tert-OH is 1. The van der Waals surface area contributed by atoms with Crippen molar-refractivity contribution < 1.29 is 19.3 Å². The van der Waals surface area contributed by atoms with E-state index in [1.807, 2.05) is 6.92 Å². The maximum absolute atomic E-state index is 10.7. The van der Waals surface area contributed by atoms with Crippen LogP contribution >= 0.6 is 0 Å². The lowest BCUT2D eigenvalue weighted by Gasteiger charge is -2.56. The second-order valence-corrected chi connectivity index (χ2v) is 7.84. The molecule has 7 heteroatoms. The van der Waals surface area contributed by atoms with E-state index in [4.69, 9.17) is 37.7 Å². The Kier molecular flexibility index (Phi) is 3.93. The molecule has 6 atom stereocenters. The molecule has 23 heavy (non-hydrogen) atoms. The molecule has 3 aliphatic rings. The molecule has 0 aromatic rings. The molecule has 2 saturated heterocycles. The lowest BCUT2D eigenvalue weighted by molar-refractivity contribution is -0.150. The molecule has 0 aromatic carbocycles. The van der Waals surface area contributed by atoms with E-state index in [1.54, 1.807) is 0 Å². The van der Waals surface area contributed by atoms with Crippen LogP contribution in [0.1, 0.15) is 33.6 Å². The summed E-state index contributed by atoms with van der Waals surface area (Å²) in [6.45, 7) is 6.60. The fourth-order valence-corrected chi connectivity index (χ4v) is 4.42. The van der Waals surface area contributed by atoms with Gasteiger partial charge in [-0.1, -0.05) is 16.9 Å². The van der Waals surface area contributed by atoms with Crippen molar-refractivity contribution in [2.75, 3.05) is 13.7 Å². The van der Waals surface area contributed by atoms with Crippen LogP contribution in [-0.2, 0) is 14.2 Å². The lowest BCUT2D eigenvalue weighted by atomic mass is 9.37. The van der Waals surface area contributed by atoms with Gasteiger partial charge in [0.15, 0.2) is 0 Å². The topological polar surface area (TPSA) is 54.5 Å². The summed E-state index contributed by atoms with van der Waals surface area (Å²) in [6.07, 6.45) is 2.04. The second-order valence-electron chi connectivity index (χ2n) is 7.84. The minimum absolute atomic E-state index is 0.0109. The number of ether oxygens (including phenoxy) is 3. The van der Waals surface area contributed by atoms with E-state index in [9.17, 15) is 5.11 Å². The fourth-order valence-electron chi connectivity index (χ4n) is 4.42. The molecule has 1 unspecified atom stereocenters. The molecule has 120 valence electrons. The molecule has 3 rings (SSSR count). The molecule has 1 N–H and O–H groups in total. The zero-order valence-corrected chi connectivity index (χ0v) is 14.3. The number of allylic oxidation sites excluding steroid dienone is 1. The number of hydrogen-bond donors (Lipinski definition) is 1. The molecule has 3 fully saturated rings. The highest BCUT2D eigenvalue weighted by atomic mass is 16.6. The van der Waals surface area contributed by atoms with Gasteiger partial charge in [-0.25, -0.2) is 0 Å². The van der Waals surface area contributed by atoms with Crippen molar-refractivity contribution in [1.29, 1.82) is 0 Å². The maximum atomic E-state index is 10.7. The van der Waals surface area contributed by atoms with Gasteiger partial charge in [0.25, 0.3) is 0 Å². The standard InChI is InChI=1S/C16H23B3O4/c1-9(2)5-6-10-13(3,23-10)11-14(8-22-14)7-15(17,18)12(20)16(11,19)21-4/h5,10-12,20H,6-8H2,1-4H3/t10-,11-,12+,13?,14+,16-/m1/s1. The molecular formula is C16H23B3O4. The van der Waals surface area contributed by atoms with E-state index in [1.165, 1.54) is 12.7 Å². The van der Waals surface area contributed by atoms with Crippen molar-refractivity contribution in [2.45, 2.75) is 67.7 Å². The summed E-state index contributed by atoms with van der Waals surface area (Å²) in [4.78, 5) is 0. The third-order valence-corrected chi connectivity index (χ3v) is 5.68. The average Bonchev–Trinajstić information content (AvgIpc) is 3.33. The highest BCUT2D eigenvalue weighted by molar-refractivity contribution is 6.41. The minimum Gasteiger partial charge on any atom is -0.392 e. The quantitative estimate of drug-likeness (QED) is 0.470. The normalized spacial score (nSPS) is 50.6. The van der Waals surface area contributed by atoms with Crippen LogP contribution in [0.4, 0.5) is 0 Å². The highest BCUT2D eigenvalue weighted by Crippen LogP contribution is 2.65. The summed E-state index contributed by atoms with van der Waals surface area (Å²) >= 11 is 0. The predicted octanol–water partition coefficient (Wildman–Crippen LogP) is 0.614. The Balaban J connectivity index is 1.92. The molecule has 4 nitrogen and oxygen atoms in total. The van der Waals surface area contributed by atoms with Crippen LogP contribution in [0.3, 0.4) is 0 Å². The van der Waals surface area contributed by atoms with Crippen LogP contribution in [0.25, 0.3) is 0 Å². The zero-order valence-electron chi connectivity index (χ0n) is 14.3. The first-order valence-corrected chi connectivity index (χ1v) is 8.07. The smallest absolute Gasteiger partial charge is 0.118 e. The molecule has 6 radical (unpaired) electrons. The van der Waals surface area contributed by atoms with E-state index in [-0.39, 0.29) is 12.0 Å². The highest BCUT2D eigenvalue weighted by Gasteiger charge is 2.76. The summed E-state index contributed by atoms with van der Waals surface area (Å²) in [5.74, 6) is -0.349. The summed E-state index contributed by atoms with van der Waals surface area (Å²) in [5, 5.41) is 9.30. The Bertz CT molecular complexity index is 529. The van der Waals surface area contributed by atoms with Gasteiger partial charge < -0.3 is 19.3 Å². The summed E-state index contributed by atoms with van der Waals surface area (Å²) in [5.41, 5.74) is -1.32. The monoisotopic (exact) mass is 312 g/mol. The van der Waals surface area contributed by atoms with Gasteiger partial charge in [0.2, 0.25) is 0 Å². The minimum atomic E-state index is -1.42. The van der Waals surface area contributed by atoms with E-state index >= 15 is 0 Å². The number of hydrogen-bond acceptors (Lipinski definition) is 4. The van der Waals surface area contributed by atoms with Gasteiger partial charge in [-0.05, 0) is 33.6 Å². The van der Waals surface area contributed by atoms with Gasteiger partial charge in [-0.3, -0.25) is 0 Å². The van der Waals surface area contributed by atoms with Crippen molar-refractivity contribution >= 4 is 23.5 Å². The molecule has 2 heterocycles. The van der Waals surface area contributed by atoms with Gasteiger partial charge in [0, 0.05) is 13.0 Å². The number of aliphatic hydroxyl groups is 1. The van der Waals surface area contributed by atoms with E-state index in [0.717, 1.165) is 6.42 Å². The van der Waals surface area contributed by atoms with E-state index in [0.29, 0.717) is 13.0 Å². The van der Waals surface area contributed by atoms with Crippen molar-refractivity contribution in [3.05, 3.63) is 11.6 Å². The van der Waals surface area contributed by atoms with Crippen LogP contribution in [-0.4, -0.2) is 71.3 Å². The molecule has 0 amide bonds. The Morgan fingerprint density at radius 1 is 1.35 bits per heavy atom. The molecule has 1 saturated carbocycles. The first-order valence-electron chi connectivity index (χ1n) is 8.07. The SMILES string of the molecule is [B]C1([B])C[C@]2(CO2)[C@@H](C2(C)O[C@@H]2CC=C(C)C)[C@@]([B])(OC)[C@H]1O. The predicted molar refractivity (Wildman–Crippen MR) is 89.8 cm³/mol. The van der Waals surface area contributed by atoms with Gasteiger partial charge in [-0.2, -0.15) is 0 Å². The number of methoxy groups -OCH3 is 1. The summed E-state index contributed by atoms with van der Waals surface area (Å²) in [6, 6.07) is 0.